The van der Waals surface area contributed by atoms with Gasteiger partial charge in [0.05, 0.1) is 25.9 Å². The molecule has 0 radical (unpaired) electrons. The Morgan fingerprint density at radius 2 is 1.97 bits per heavy atom. The molecule has 2 aliphatic rings. The van der Waals surface area contributed by atoms with Crippen molar-refractivity contribution in [1.82, 2.24) is 9.80 Å². The number of rotatable bonds is 8. The highest BCUT2D eigenvalue weighted by molar-refractivity contribution is 7.80. The van der Waals surface area contributed by atoms with E-state index in [2.05, 4.69) is 67.1 Å². The van der Waals surface area contributed by atoms with Gasteiger partial charge in [-0.2, -0.15) is 0 Å². The SMILES string of the molecule is CCOc1ccc2c(c1)[C@H](N(CCN1CCOCC1)C(=S)Nc1c(C)cccc1CC)CC(C)(C)O2. The molecule has 1 N–H and O–H groups in total. The first kappa shape index (κ1) is 26.7. The summed E-state index contributed by atoms with van der Waals surface area (Å²) in [6.07, 6.45) is 1.78. The molecule has 1 atom stereocenters. The van der Waals surface area contributed by atoms with Gasteiger partial charge in [0.15, 0.2) is 5.11 Å². The highest BCUT2D eigenvalue weighted by Crippen LogP contribution is 2.44. The van der Waals surface area contributed by atoms with Crippen LogP contribution in [0.5, 0.6) is 11.5 Å². The van der Waals surface area contributed by atoms with E-state index in [4.69, 9.17) is 26.4 Å². The van der Waals surface area contributed by atoms with Gasteiger partial charge in [-0.1, -0.05) is 25.1 Å². The van der Waals surface area contributed by atoms with Gasteiger partial charge >= 0.3 is 0 Å². The minimum Gasteiger partial charge on any atom is -0.494 e. The fourth-order valence-electron chi connectivity index (χ4n) is 5.18. The van der Waals surface area contributed by atoms with Crippen molar-refractivity contribution < 1.29 is 14.2 Å². The number of nitrogens with zero attached hydrogens (tertiary/aromatic N) is 2. The molecule has 36 heavy (non-hydrogen) atoms. The number of hydrogen-bond acceptors (Lipinski definition) is 5. The molecule has 0 spiro atoms. The third-order valence-corrected chi connectivity index (χ3v) is 7.43. The largest absolute Gasteiger partial charge is 0.494 e. The highest BCUT2D eigenvalue weighted by Gasteiger charge is 2.38. The maximum atomic E-state index is 6.41. The Morgan fingerprint density at radius 1 is 1.19 bits per heavy atom. The molecule has 0 amide bonds. The normalized spacial score (nSPS) is 19.2. The number of morpholine rings is 1. The molecule has 0 saturated carbocycles. The number of fused-ring (bicyclic) bond motifs is 1. The Hall–Kier alpha value is -2.35. The summed E-state index contributed by atoms with van der Waals surface area (Å²) < 4.78 is 17.8. The van der Waals surface area contributed by atoms with Crippen LogP contribution in [-0.4, -0.2) is 66.5 Å². The van der Waals surface area contributed by atoms with Crippen molar-refractivity contribution in [2.75, 3.05) is 51.3 Å². The van der Waals surface area contributed by atoms with Crippen molar-refractivity contribution >= 4 is 23.0 Å². The Bertz CT molecular complexity index is 1050. The van der Waals surface area contributed by atoms with Crippen molar-refractivity contribution in [3.8, 4) is 11.5 Å². The molecule has 196 valence electrons. The lowest BCUT2D eigenvalue weighted by Crippen LogP contribution is -2.48. The van der Waals surface area contributed by atoms with Gasteiger partial charge in [0.1, 0.15) is 17.1 Å². The van der Waals surface area contributed by atoms with E-state index < -0.39 is 0 Å². The van der Waals surface area contributed by atoms with Crippen LogP contribution in [0.25, 0.3) is 0 Å². The van der Waals surface area contributed by atoms with Gasteiger partial charge in [-0.25, -0.2) is 0 Å². The smallest absolute Gasteiger partial charge is 0.174 e. The van der Waals surface area contributed by atoms with Crippen molar-refractivity contribution in [1.29, 1.82) is 0 Å². The maximum Gasteiger partial charge on any atom is 0.174 e. The summed E-state index contributed by atoms with van der Waals surface area (Å²) in [6, 6.07) is 12.7. The average molecular weight is 512 g/mol. The number of ether oxygens (including phenoxy) is 3. The van der Waals surface area contributed by atoms with E-state index in [1.807, 2.05) is 19.1 Å². The Morgan fingerprint density at radius 3 is 2.69 bits per heavy atom. The number of anilines is 1. The summed E-state index contributed by atoms with van der Waals surface area (Å²) in [6.45, 7) is 16.5. The van der Waals surface area contributed by atoms with Crippen LogP contribution in [-0.2, 0) is 11.2 Å². The second-order valence-electron chi connectivity index (χ2n) is 10.3. The molecule has 2 heterocycles. The molecular weight excluding hydrogens is 470 g/mol. The highest BCUT2D eigenvalue weighted by atomic mass is 32.1. The van der Waals surface area contributed by atoms with E-state index in [1.165, 1.54) is 11.1 Å². The zero-order valence-electron chi connectivity index (χ0n) is 22.4. The van der Waals surface area contributed by atoms with Crippen LogP contribution in [0.3, 0.4) is 0 Å². The molecule has 4 rings (SSSR count). The predicted molar refractivity (Wildman–Crippen MR) is 150 cm³/mol. The first-order valence-electron chi connectivity index (χ1n) is 13.2. The molecule has 7 heteroatoms. The minimum absolute atomic E-state index is 0.0688. The number of para-hydroxylation sites is 1. The van der Waals surface area contributed by atoms with Crippen LogP contribution < -0.4 is 14.8 Å². The van der Waals surface area contributed by atoms with Crippen LogP contribution >= 0.6 is 12.2 Å². The lowest BCUT2D eigenvalue weighted by Gasteiger charge is -2.44. The lowest BCUT2D eigenvalue weighted by atomic mass is 9.88. The molecule has 2 aromatic rings. The average Bonchev–Trinajstić information content (AvgIpc) is 2.86. The van der Waals surface area contributed by atoms with Crippen molar-refractivity contribution in [3.05, 3.63) is 53.1 Å². The summed E-state index contributed by atoms with van der Waals surface area (Å²) in [4.78, 5) is 4.84. The zero-order valence-corrected chi connectivity index (χ0v) is 23.2. The van der Waals surface area contributed by atoms with Gasteiger partial charge in [-0.15, -0.1) is 0 Å². The van der Waals surface area contributed by atoms with E-state index in [0.29, 0.717) is 6.61 Å². The molecule has 0 aliphatic carbocycles. The van der Waals surface area contributed by atoms with Crippen molar-refractivity contribution in [3.63, 3.8) is 0 Å². The number of thiocarbonyl (C=S) groups is 1. The number of hydrogen-bond donors (Lipinski definition) is 1. The lowest BCUT2D eigenvalue weighted by molar-refractivity contribution is 0.0266. The third kappa shape index (κ3) is 6.31. The molecule has 6 nitrogen and oxygen atoms in total. The molecule has 0 unspecified atom stereocenters. The minimum atomic E-state index is -0.311. The van der Waals surface area contributed by atoms with Crippen molar-refractivity contribution in [2.24, 2.45) is 0 Å². The Kier molecular flexibility index (Phi) is 8.75. The molecule has 1 saturated heterocycles. The second kappa shape index (κ2) is 11.8. The Labute approximate surface area is 221 Å². The zero-order chi connectivity index (χ0) is 25.7. The van der Waals surface area contributed by atoms with Crippen LogP contribution in [0.4, 0.5) is 5.69 Å². The van der Waals surface area contributed by atoms with Gasteiger partial charge in [0.25, 0.3) is 0 Å². The van der Waals surface area contributed by atoms with Crippen LogP contribution in [0, 0.1) is 6.92 Å². The summed E-state index contributed by atoms with van der Waals surface area (Å²) in [5.74, 6) is 1.77. The van der Waals surface area contributed by atoms with Gasteiger partial charge in [-0.05, 0) is 75.7 Å². The second-order valence-corrected chi connectivity index (χ2v) is 10.6. The van der Waals surface area contributed by atoms with E-state index in [1.54, 1.807) is 0 Å². The van der Waals surface area contributed by atoms with Gasteiger partial charge in [0, 0.05) is 43.9 Å². The van der Waals surface area contributed by atoms with E-state index in [-0.39, 0.29) is 11.6 Å². The number of aryl methyl sites for hydroxylation is 2. The van der Waals surface area contributed by atoms with Gasteiger partial charge in [0.2, 0.25) is 0 Å². The van der Waals surface area contributed by atoms with E-state index >= 15 is 0 Å². The molecule has 1 fully saturated rings. The quantitative estimate of drug-likeness (QED) is 0.464. The molecule has 2 aliphatic heterocycles. The molecule has 2 aromatic carbocycles. The summed E-state index contributed by atoms with van der Waals surface area (Å²) in [5, 5.41) is 4.41. The molecular formula is C29H41N3O3S. The monoisotopic (exact) mass is 511 g/mol. The van der Waals surface area contributed by atoms with Crippen LogP contribution in [0.2, 0.25) is 0 Å². The first-order valence-corrected chi connectivity index (χ1v) is 13.6. The third-order valence-electron chi connectivity index (χ3n) is 7.09. The molecule has 0 aromatic heterocycles. The fraction of sp³-hybridized carbons (Fsp3) is 0.552. The standard InChI is InChI=1S/C29H41N3O3S/c1-6-22-10-8-9-21(3)27(22)30-28(36)32(14-13-31-15-17-33-18-16-31)25-20-29(4,5)35-26-12-11-23(34-7-2)19-24(25)26/h8-12,19,25H,6-7,13-18,20H2,1-5H3,(H,30,36)/t25-/m1/s1. The van der Waals surface area contributed by atoms with Crippen LogP contribution in [0.1, 0.15) is 56.8 Å². The van der Waals surface area contributed by atoms with Gasteiger partial charge in [-0.3, -0.25) is 4.90 Å². The predicted octanol–water partition coefficient (Wildman–Crippen LogP) is 5.59. The van der Waals surface area contributed by atoms with Crippen LogP contribution in [0.15, 0.2) is 36.4 Å². The van der Waals surface area contributed by atoms with Gasteiger partial charge < -0.3 is 24.4 Å². The van der Waals surface area contributed by atoms with Crippen molar-refractivity contribution in [2.45, 2.75) is 59.1 Å². The first-order chi connectivity index (χ1) is 17.3. The number of benzene rings is 2. The summed E-state index contributed by atoms with van der Waals surface area (Å²) >= 11 is 6.16. The summed E-state index contributed by atoms with van der Waals surface area (Å²) in [5.41, 5.74) is 4.42. The Balaban J connectivity index is 1.68. The molecule has 0 bridgehead atoms. The van der Waals surface area contributed by atoms with E-state index in [0.717, 1.165) is 80.1 Å². The fourth-order valence-corrected chi connectivity index (χ4v) is 5.50. The maximum absolute atomic E-state index is 6.41. The van der Waals surface area contributed by atoms with E-state index in [9.17, 15) is 0 Å². The summed E-state index contributed by atoms with van der Waals surface area (Å²) in [7, 11) is 0. The topological polar surface area (TPSA) is 46.2 Å². The number of nitrogens with one attached hydrogen (secondary N) is 1.